The van der Waals surface area contributed by atoms with Crippen molar-refractivity contribution >= 4 is 0 Å². The normalized spacial score (nSPS) is 17.6. The summed E-state index contributed by atoms with van der Waals surface area (Å²) in [6.45, 7) is 11.1. The van der Waals surface area contributed by atoms with E-state index >= 15 is 0 Å². The molecule has 0 aromatic heterocycles. The summed E-state index contributed by atoms with van der Waals surface area (Å²) in [5, 5.41) is 3.59. The van der Waals surface area contributed by atoms with E-state index in [2.05, 4.69) is 48.3 Å². The smallest absolute Gasteiger partial charge is 0.119 e. The van der Waals surface area contributed by atoms with Crippen molar-refractivity contribution in [1.82, 2.24) is 10.2 Å². The molecule has 1 aliphatic heterocycles. The van der Waals surface area contributed by atoms with Crippen LogP contribution in [0.15, 0.2) is 24.3 Å². The van der Waals surface area contributed by atoms with E-state index in [1.165, 1.54) is 5.56 Å². The van der Waals surface area contributed by atoms with Crippen LogP contribution in [0, 0.1) is 0 Å². The summed E-state index contributed by atoms with van der Waals surface area (Å²) in [5.74, 6) is 0.959. The number of ether oxygens (including phenoxy) is 2. The highest BCUT2D eigenvalue weighted by molar-refractivity contribution is 5.28. The third kappa shape index (κ3) is 5.65. The zero-order valence-electron chi connectivity index (χ0n) is 13.3. The molecule has 1 atom stereocenters. The van der Waals surface area contributed by atoms with Gasteiger partial charge in [0, 0.05) is 32.2 Å². The molecule has 1 unspecified atom stereocenters. The molecule has 0 spiro atoms. The van der Waals surface area contributed by atoms with Crippen LogP contribution in [0.1, 0.15) is 31.9 Å². The SMILES string of the molecule is CCCOc1ccc(C(C)NCCN2CCOCC2)cc1. The highest BCUT2D eigenvalue weighted by atomic mass is 16.5. The average molecular weight is 292 g/mol. The molecule has 1 aromatic carbocycles. The third-order valence-electron chi connectivity index (χ3n) is 3.84. The summed E-state index contributed by atoms with van der Waals surface area (Å²) in [6, 6.07) is 8.79. The Bertz CT molecular complexity index is 388. The first-order chi connectivity index (χ1) is 10.3. The van der Waals surface area contributed by atoms with Gasteiger partial charge in [0.05, 0.1) is 19.8 Å². The lowest BCUT2D eigenvalue weighted by Crippen LogP contribution is -2.40. The maximum atomic E-state index is 5.61. The molecular formula is C17H28N2O2. The van der Waals surface area contributed by atoms with Crippen LogP contribution in [0.2, 0.25) is 0 Å². The molecule has 0 bridgehead atoms. The maximum Gasteiger partial charge on any atom is 0.119 e. The summed E-state index contributed by atoms with van der Waals surface area (Å²) in [5.41, 5.74) is 1.31. The average Bonchev–Trinajstić information content (AvgIpc) is 2.54. The van der Waals surface area contributed by atoms with Crippen molar-refractivity contribution < 1.29 is 9.47 Å². The molecule has 1 fully saturated rings. The van der Waals surface area contributed by atoms with Gasteiger partial charge in [-0.25, -0.2) is 0 Å². The molecule has 0 saturated carbocycles. The monoisotopic (exact) mass is 292 g/mol. The Balaban J connectivity index is 1.70. The summed E-state index contributed by atoms with van der Waals surface area (Å²) in [6.07, 6.45) is 1.04. The molecule has 0 aliphatic carbocycles. The van der Waals surface area contributed by atoms with Crippen LogP contribution in [-0.2, 0) is 4.74 Å². The van der Waals surface area contributed by atoms with Gasteiger partial charge in [-0.3, -0.25) is 4.90 Å². The quantitative estimate of drug-likeness (QED) is 0.798. The van der Waals surface area contributed by atoms with E-state index in [0.717, 1.165) is 58.2 Å². The standard InChI is InChI=1S/C17H28N2O2/c1-3-12-21-17-6-4-16(5-7-17)15(2)18-8-9-19-10-13-20-14-11-19/h4-7,15,18H,3,8-14H2,1-2H3. The van der Waals surface area contributed by atoms with Crippen molar-refractivity contribution in [3.63, 3.8) is 0 Å². The van der Waals surface area contributed by atoms with Crippen LogP contribution < -0.4 is 10.1 Å². The number of nitrogens with one attached hydrogen (secondary N) is 1. The molecule has 4 nitrogen and oxygen atoms in total. The number of morpholine rings is 1. The van der Waals surface area contributed by atoms with Crippen molar-refractivity contribution in [3.05, 3.63) is 29.8 Å². The Kier molecular flexibility index (Phi) is 7.00. The molecule has 0 amide bonds. The van der Waals surface area contributed by atoms with Gasteiger partial charge in [-0.1, -0.05) is 19.1 Å². The highest BCUT2D eigenvalue weighted by Gasteiger charge is 2.10. The van der Waals surface area contributed by atoms with Crippen molar-refractivity contribution in [2.24, 2.45) is 0 Å². The fraction of sp³-hybridized carbons (Fsp3) is 0.647. The van der Waals surface area contributed by atoms with E-state index < -0.39 is 0 Å². The van der Waals surface area contributed by atoms with Gasteiger partial charge in [0.1, 0.15) is 5.75 Å². The van der Waals surface area contributed by atoms with Crippen LogP contribution >= 0.6 is 0 Å². The van der Waals surface area contributed by atoms with Gasteiger partial charge in [-0.15, -0.1) is 0 Å². The van der Waals surface area contributed by atoms with Gasteiger partial charge in [-0.2, -0.15) is 0 Å². The molecule has 4 heteroatoms. The minimum atomic E-state index is 0.367. The second-order valence-corrected chi connectivity index (χ2v) is 5.55. The summed E-state index contributed by atoms with van der Waals surface area (Å²) >= 11 is 0. The lowest BCUT2D eigenvalue weighted by Gasteiger charge is -2.27. The van der Waals surface area contributed by atoms with E-state index in [1.807, 2.05) is 0 Å². The van der Waals surface area contributed by atoms with Crippen molar-refractivity contribution in [2.45, 2.75) is 26.3 Å². The first-order valence-electron chi connectivity index (χ1n) is 8.06. The van der Waals surface area contributed by atoms with Crippen LogP contribution in [0.4, 0.5) is 0 Å². The van der Waals surface area contributed by atoms with Gasteiger partial charge in [-0.05, 0) is 31.0 Å². The first kappa shape index (κ1) is 16.3. The first-order valence-corrected chi connectivity index (χ1v) is 8.06. The van der Waals surface area contributed by atoms with Crippen LogP contribution in [0.3, 0.4) is 0 Å². The molecule has 1 heterocycles. The molecular weight excluding hydrogens is 264 g/mol. The number of hydrogen-bond acceptors (Lipinski definition) is 4. The van der Waals surface area contributed by atoms with Crippen molar-refractivity contribution in [2.75, 3.05) is 46.0 Å². The van der Waals surface area contributed by atoms with Gasteiger partial charge in [0.2, 0.25) is 0 Å². The van der Waals surface area contributed by atoms with Crippen molar-refractivity contribution in [1.29, 1.82) is 0 Å². The zero-order chi connectivity index (χ0) is 14.9. The Morgan fingerprint density at radius 1 is 1.24 bits per heavy atom. The Labute approximate surface area is 128 Å². The summed E-state index contributed by atoms with van der Waals surface area (Å²) in [7, 11) is 0. The summed E-state index contributed by atoms with van der Waals surface area (Å²) in [4.78, 5) is 2.45. The topological polar surface area (TPSA) is 33.7 Å². The Morgan fingerprint density at radius 2 is 1.95 bits per heavy atom. The molecule has 1 aliphatic rings. The maximum absolute atomic E-state index is 5.61. The van der Waals surface area contributed by atoms with Crippen LogP contribution in [-0.4, -0.2) is 50.9 Å². The van der Waals surface area contributed by atoms with E-state index in [1.54, 1.807) is 0 Å². The van der Waals surface area contributed by atoms with Crippen LogP contribution in [0.5, 0.6) is 5.75 Å². The fourth-order valence-electron chi connectivity index (χ4n) is 2.45. The Hall–Kier alpha value is -1.10. The third-order valence-corrected chi connectivity index (χ3v) is 3.84. The molecule has 21 heavy (non-hydrogen) atoms. The van der Waals surface area contributed by atoms with Gasteiger partial charge in [0.25, 0.3) is 0 Å². The number of benzene rings is 1. The zero-order valence-corrected chi connectivity index (χ0v) is 13.3. The number of hydrogen-bond donors (Lipinski definition) is 1. The molecule has 1 N–H and O–H groups in total. The molecule has 2 rings (SSSR count). The summed E-state index contributed by atoms with van der Waals surface area (Å²) < 4.78 is 11.0. The molecule has 0 radical (unpaired) electrons. The second kappa shape index (κ2) is 9.03. The predicted octanol–water partition coefficient (Wildman–Crippen LogP) is 2.46. The van der Waals surface area contributed by atoms with Crippen molar-refractivity contribution in [3.8, 4) is 5.75 Å². The lowest BCUT2D eigenvalue weighted by atomic mass is 10.1. The molecule has 118 valence electrons. The largest absolute Gasteiger partial charge is 0.494 e. The minimum absolute atomic E-state index is 0.367. The molecule has 1 aromatic rings. The lowest BCUT2D eigenvalue weighted by molar-refractivity contribution is 0.0382. The Morgan fingerprint density at radius 3 is 2.62 bits per heavy atom. The number of rotatable bonds is 8. The van der Waals surface area contributed by atoms with E-state index in [9.17, 15) is 0 Å². The van der Waals surface area contributed by atoms with Gasteiger partial charge in [0.15, 0.2) is 0 Å². The molecule has 1 saturated heterocycles. The number of nitrogens with zero attached hydrogens (tertiary/aromatic N) is 1. The fourth-order valence-corrected chi connectivity index (χ4v) is 2.45. The minimum Gasteiger partial charge on any atom is -0.494 e. The highest BCUT2D eigenvalue weighted by Crippen LogP contribution is 2.17. The van der Waals surface area contributed by atoms with E-state index in [0.29, 0.717) is 6.04 Å². The van der Waals surface area contributed by atoms with Gasteiger partial charge >= 0.3 is 0 Å². The van der Waals surface area contributed by atoms with Gasteiger partial charge < -0.3 is 14.8 Å². The predicted molar refractivity (Wildman–Crippen MR) is 85.9 cm³/mol. The van der Waals surface area contributed by atoms with E-state index in [4.69, 9.17) is 9.47 Å². The van der Waals surface area contributed by atoms with Crippen LogP contribution in [0.25, 0.3) is 0 Å². The van der Waals surface area contributed by atoms with E-state index in [-0.39, 0.29) is 0 Å². The second-order valence-electron chi connectivity index (χ2n) is 5.55.